The molecule has 0 fully saturated rings. The molecule has 0 bridgehead atoms. The fraction of sp³-hybridized carbons (Fsp3) is 0.625. The van der Waals surface area contributed by atoms with E-state index in [9.17, 15) is 4.21 Å². The fourth-order valence-electron chi connectivity index (χ4n) is 0.720. The first-order valence-electron chi connectivity index (χ1n) is 4.12. The van der Waals surface area contributed by atoms with Gasteiger partial charge in [-0.3, -0.25) is 4.72 Å². The van der Waals surface area contributed by atoms with Gasteiger partial charge < -0.3 is 4.52 Å². The molecule has 0 saturated heterocycles. The van der Waals surface area contributed by atoms with Crippen molar-refractivity contribution < 1.29 is 8.73 Å². The molecule has 0 amide bonds. The summed E-state index contributed by atoms with van der Waals surface area (Å²) in [6, 6.07) is 0. The van der Waals surface area contributed by atoms with E-state index in [0.29, 0.717) is 5.88 Å². The number of aryl methyl sites for hydroxylation is 1. The Labute approximate surface area is 80.3 Å². The number of hydrogen-bond donors (Lipinski definition) is 1. The average Bonchev–Trinajstić information content (AvgIpc) is 2.36. The zero-order valence-electron chi connectivity index (χ0n) is 8.25. The first kappa shape index (κ1) is 10.2. The molecule has 74 valence electrons. The van der Waals surface area contributed by atoms with Crippen LogP contribution in [-0.4, -0.2) is 14.6 Å². The smallest absolute Gasteiger partial charge is 0.239 e. The predicted molar refractivity (Wildman–Crippen MR) is 52.9 cm³/mol. The quantitative estimate of drug-likeness (QED) is 0.812. The van der Waals surface area contributed by atoms with Gasteiger partial charge in [-0.1, -0.05) is 5.16 Å². The van der Waals surface area contributed by atoms with Crippen LogP contribution >= 0.6 is 0 Å². The molecular weight excluding hydrogens is 188 g/mol. The maximum Gasteiger partial charge on any atom is 0.239 e. The Kier molecular flexibility index (Phi) is 3.08. The van der Waals surface area contributed by atoms with Gasteiger partial charge >= 0.3 is 0 Å². The Morgan fingerprint density at radius 3 is 2.46 bits per heavy atom. The van der Waals surface area contributed by atoms with Gasteiger partial charge in [0.15, 0.2) is 0 Å². The number of rotatable bonds is 3. The standard InChI is InChI=1S/C8H14N2O2S/c1-5(2)13(11)10-8-6(3)7(4)9-12-8/h5,10H,1-4H3. The lowest BCUT2D eigenvalue weighted by Crippen LogP contribution is -2.14. The molecule has 0 spiro atoms. The summed E-state index contributed by atoms with van der Waals surface area (Å²) in [5.74, 6) is 0.504. The zero-order chi connectivity index (χ0) is 10.0. The van der Waals surface area contributed by atoms with Crippen LogP contribution < -0.4 is 4.72 Å². The average molecular weight is 202 g/mol. The Balaban J connectivity index is 2.75. The lowest BCUT2D eigenvalue weighted by atomic mass is 10.3. The van der Waals surface area contributed by atoms with Crippen molar-refractivity contribution in [1.82, 2.24) is 5.16 Å². The summed E-state index contributed by atoms with van der Waals surface area (Å²) in [6.45, 7) is 7.48. The van der Waals surface area contributed by atoms with Crippen molar-refractivity contribution in [2.75, 3.05) is 4.72 Å². The molecule has 0 aromatic carbocycles. The minimum atomic E-state index is -1.10. The number of aromatic nitrogens is 1. The number of hydrogen-bond acceptors (Lipinski definition) is 3. The summed E-state index contributed by atoms with van der Waals surface area (Å²) in [5.41, 5.74) is 1.73. The van der Waals surface area contributed by atoms with Crippen LogP contribution in [-0.2, 0) is 11.0 Å². The topological polar surface area (TPSA) is 55.1 Å². The Morgan fingerprint density at radius 1 is 1.46 bits per heavy atom. The van der Waals surface area contributed by atoms with Crippen LogP contribution in [0.25, 0.3) is 0 Å². The van der Waals surface area contributed by atoms with E-state index in [4.69, 9.17) is 4.52 Å². The summed E-state index contributed by atoms with van der Waals surface area (Å²) in [6.07, 6.45) is 0. The Hall–Kier alpha value is -0.840. The van der Waals surface area contributed by atoms with Crippen molar-refractivity contribution in [3.8, 4) is 0 Å². The second-order valence-corrected chi connectivity index (χ2v) is 4.91. The molecule has 0 aliphatic heterocycles. The van der Waals surface area contributed by atoms with Gasteiger partial charge in [0.05, 0.1) is 5.69 Å². The van der Waals surface area contributed by atoms with E-state index in [1.54, 1.807) is 0 Å². The summed E-state index contributed by atoms with van der Waals surface area (Å²) < 4.78 is 19.1. The van der Waals surface area contributed by atoms with E-state index in [0.717, 1.165) is 11.3 Å². The van der Waals surface area contributed by atoms with Crippen LogP contribution in [0.15, 0.2) is 4.52 Å². The van der Waals surface area contributed by atoms with Gasteiger partial charge in [-0.2, -0.15) is 0 Å². The third kappa shape index (κ3) is 2.30. The van der Waals surface area contributed by atoms with Gasteiger partial charge in [0, 0.05) is 10.8 Å². The highest BCUT2D eigenvalue weighted by Gasteiger charge is 2.12. The number of nitrogens with one attached hydrogen (secondary N) is 1. The van der Waals surface area contributed by atoms with Crippen LogP contribution in [0.5, 0.6) is 0 Å². The van der Waals surface area contributed by atoms with Crippen molar-refractivity contribution in [3.05, 3.63) is 11.3 Å². The molecule has 0 radical (unpaired) electrons. The summed E-state index contributed by atoms with van der Waals surface area (Å²) in [5, 5.41) is 3.82. The van der Waals surface area contributed by atoms with Crippen molar-refractivity contribution in [2.45, 2.75) is 32.9 Å². The van der Waals surface area contributed by atoms with Gasteiger partial charge in [-0.25, -0.2) is 4.21 Å². The summed E-state index contributed by atoms with van der Waals surface area (Å²) in [4.78, 5) is 0. The predicted octanol–water partition coefficient (Wildman–Crippen LogP) is 1.78. The third-order valence-corrected chi connectivity index (χ3v) is 3.02. The fourth-order valence-corrected chi connectivity index (χ4v) is 1.33. The monoisotopic (exact) mass is 202 g/mol. The van der Waals surface area contributed by atoms with Crippen LogP contribution in [0.1, 0.15) is 25.1 Å². The van der Waals surface area contributed by atoms with Crippen molar-refractivity contribution in [3.63, 3.8) is 0 Å². The van der Waals surface area contributed by atoms with Gasteiger partial charge in [0.25, 0.3) is 0 Å². The van der Waals surface area contributed by atoms with Crippen LogP contribution in [0.2, 0.25) is 0 Å². The van der Waals surface area contributed by atoms with Gasteiger partial charge in [-0.05, 0) is 27.7 Å². The van der Waals surface area contributed by atoms with E-state index in [1.165, 1.54) is 0 Å². The van der Waals surface area contributed by atoms with E-state index < -0.39 is 11.0 Å². The van der Waals surface area contributed by atoms with Gasteiger partial charge in [0.2, 0.25) is 5.88 Å². The van der Waals surface area contributed by atoms with Crippen LogP contribution in [0.3, 0.4) is 0 Å². The molecule has 1 aromatic rings. The molecule has 0 aliphatic carbocycles. The molecule has 1 N–H and O–H groups in total. The highest BCUT2D eigenvalue weighted by Crippen LogP contribution is 2.18. The molecule has 1 aromatic heterocycles. The molecule has 0 saturated carbocycles. The zero-order valence-corrected chi connectivity index (χ0v) is 9.07. The minimum Gasteiger partial charge on any atom is -0.337 e. The Bertz CT molecular complexity index is 320. The van der Waals surface area contributed by atoms with E-state index in [-0.39, 0.29) is 5.25 Å². The largest absolute Gasteiger partial charge is 0.337 e. The Morgan fingerprint density at radius 2 is 2.08 bits per heavy atom. The van der Waals surface area contributed by atoms with Crippen molar-refractivity contribution >= 4 is 16.9 Å². The van der Waals surface area contributed by atoms with E-state index >= 15 is 0 Å². The van der Waals surface area contributed by atoms with Crippen molar-refractivity contribution in [1.29, 1.82) is 0 Å². The normalized spacial score (nSPS) is 13.3. The molecule has 5 heteroatoms. The number of nitrogens with zero attached hydrogens (tertiary/aromatic N) is 1. The molecule has 13 heavy (non-hydrogen) atoms. The lowest BCUT2D eigenvalue weighted by Gasteiger charge is -2.05. The SMILES string of the molecule is Cc1noc(NS(=O)C(C)C)c1C. The lowest BCUT2D eigenvalue weighted by molar-refractivity contribution is 0.430. The highest BCUT2D eigenvalue weighted by molar-refractivity contribution is 7.86. The summed E-state index contributed by atoms with van der Waals surface area (Å²) in [7, 11) is -1.10. The second-order valence-electron chi connectivity index (χ2n) is 3.17. The molecule has 0 aliphatic rings. The highest BCUT2D eigenvalue weighted by atomic mass is 32.2. The molecule has 1 rings (SSSR count). The van der Waals surface area contributed by atoms with E-state index in [2.05, 4.69) is 9.88 Å². The third-order valence-electron chi connectivity index (χ3n) is 1.78. The molecule has 1 atom stereocenters. The van der Waals surface area contributed by atoms with Crippen LogP contribution in [0.4, 0.5) is 5.88 Å². The number of anilines is 1. The maximum atomic E-state index is 11.4. The van der Waals surface area contributed by atoms with Gasteiger partial charge in [-0.15, -0.1) is 0 Å². The van der Waals surface area contributed by atoms with Crippen LogP contribution in [0, 0.1) is 13.8 Å². The molecule has 4 nitrogen and oxygen atoms in total. The first-order valence-corrected chi connectivity index (χ1v) is 5.33. The molecule has 1 heterocycles. The second kappa shape index (κ2) is 3.91. The minimum absolute atomic E-state index is 0.0600. The molecular formula is C8H14N2O2S. The van der Waals surface area contributed by atoms with Gasteiger partial charge in [0.1, 0.15) is 11.0 Å². The molecule has 1 unspecified atom stereocenters. The van der Waals surface area contributed by atoms with E-state index in [1.807, 2.05) is 27.7 Å². The van der Waals surface area contributed by atoms with Crippen molar-refractivity contribution in [2.24, 2.45) is 0 Å². The summed E-state index contributed by atoms with van der Waals surface area (Å²) >= 11 is 0. The maximum absolute atomic E-state index is 11.4. The first-order chi connectivity index (χ1) is 6.02.